The van der Waals surface area contributed by atoms with Crippen molar-refractivity contribution in [3.05, 3.63) is 22.4 Å². The molecule has 0 saturated carbocycles. The number of carbonyl (C=O) groups excluding carboxylic acids is 1. The zero-order chi connectivity index (χ0) is 12.8. The maximum atomic E-state index is 12.1. The minimum atomic E-state index is 0.111. The van der Waals surface area contributed by atoms with Gasteiger partial charge in [-0.1, -0.05) is 12.8 Å². The van der Waals surface area contributed by atoms with Crippen LogP contribution in [0.4, 0.5) is 4.79 Å². The lowest BCUT2D eigenvalue weighted by atomic mass is 10.1. The summed E-state index contributed by atoms with van der Waals surface area (Å²) in [6.45, 7) is 3.90. The lowest BCUT2D eigenvalue weighted by Gasteiger charge is -2.23. The first-order valence-corrected chi connectivity index (χ1v) is 7.76. The number of rotatable bonds is 3. The van der Waals surface area contributed by atoms with Crippen LogP contribution in [0.1, 0.15) is 38.2 Å². The van der Waals surface area contributed by atoms with Gasteiger partial charge in [0.2, 0.25) is 0 Å². The fraction of sp³-hybridized carbons (Fsp3) is 0.643. The van der Waals surface area contributed by atoms with Crippen LogP contribution in [0, 0.1) is 0 Å². The summed E-state index contributed by atoms with van der Waals surface area (Å²) in [6.07, 6.45) is 5.73. The first kappa shape index (κ1) is 13.4. The molecule has 1 aromatic heterocycles. The molecule has 1 saturated heterocycles. The molecule has 1 aromatic rings. The smallest absolute Gasteiger partial charge is 0.317 e. The van der Waals surface area contributed by atoms with Gasteiger partial charge in [0.25, 0.3) is 0 Å². The SMILES string of the molecule is CC(Cc1ccsc1)NC(=O)N1CCCCCC1. The summed E-state index contributed by atoms with van der Waals surface area (Å²) in [5, 5.41) is 7.34. The summed E-state index contributed by atoms with van der Waals surface area (Å²) in [4.78, 5) is 14.1. The lowest BCUT2D eigenvalue weighted by Crippen LogP contribution is -2.44. The summed E-state index contributed by atoms with van der Waals surface area (Å²) < 4.78 is 0. The number of hydrogen-bond acceptors (Lipinski definition) is 2. The standard InChI is InChI=1S/C14H22N2OS/c1-12(10-13-6-9-18-11-13)15-14(17)16-7-4-2-3-5-8-16/h6,9,11-12H,2-5,7-8,10H2,1H3,(H,15,17). The molecule has 4 heteroatoms. The van der Waals surface area contributed by atoms with Crippen molar-refractivity contribution in [2.45, 2.75) is 45.1 Å². The Balaban J connectivity index is 1.78. The zero-order valence-corrected chi connectivity index (χ0v) is 11.8. The summed E-state index contributed by atoms with van der Waals surface area (Å²) in [6, 6.07) is 2.44. The van der Waals surface area contributed by atoms with Crippen LogP contribution in [0.3, 0.4) is 0 Å². The van der Waals surface area contributed by atoms with Crippen LogP contribution in [0.15, 0.2) is 16.8 Å². The van der Waals surface area contributed by atoms with Gasteiger partial charge in [-0.15, -0.1) is 0 Å². The number of likely N-dealkylation sites (tertiary alicyclic amines) is 1. The topological polar surface area (TPSA) is 32.3 Å². The Hall–Kier alpha value is -1.03. The molecule has 0 radical (unpaired) electrons. The van der Waals surface area contributed by atoms with Crippen LogP contribution in [-0.4, -0.2) is 30.1 Å². The Morgan fingerprint density at radius 3 is 2.72 bits per heavy atom. The van der Waals surface area contributed by atoms with E-state index in [0.29, 0.717) is 0 Å². The van der Waals surface area contributed by atoms with Crippen LogP contribution in [0.2, 0.25) is 0 Å². The maximum absolute atomic E-state index is 12.1. The quantitative estimate of drug-likeness (QED) is 0.894. The molecule has 1 unspecified atom stereocenters. The molecule has 18 heavy (non-hydrogen) atoms. The van der Waals surface area contributed by atoms with E-state index < -0.39 is 0 Å². The summed E-state index contributed by atoms with van der Waals surface area (Å²) in [5.74, 6) is 0. The molecule has 0 spiro atoms. The van der Waals surface area contributed by atoms with Crippen LogP contribution in [-0.2, 0) is 6.42 Å². The van der Waals surface area contributed by atoms with Crippen molar-refractivity contribution >= 4 is 17.4 Å². The monoisotopic (exact) mass is 266 g/mol. The van der Waals surface area contributed by atoms with E-state index in [4.69, 9.17) is 0 Å². The van der Waals surface area contributed by atoms with Gasteiger partial charge in [-0.05, 0) is 48.6 Å². The van der Waals surface area contributed by atoms with Gasteiger partial charge in [-0.25, -0.2) is 4.79 Å². The molecule has 0 aromatic carbocycles. The molecular formula is C14H22N2OS. The third-order valence-corrected chi connectivity index (χ3v) is 4.12. The highest BCUT2D eigenvalue weighted by Gasteiger charge is 2.17. The summed E-state index contributed by atoms with van der Waals surface area (Å²) >= 11 is 1.71. The first-order valence-electron chi connectivity index (χ1n) is 6.82. The van der Waals surface area contributed by atoms with Crippen LogP contribution in [0.25, 0.3) is 0 Å². The minimum Gasteiger partial charge on any atom is -0.335 e. The third-order valence-electron chi connectivity index (χ3n) is 3.39. The van der Waals surface area contributed by atoms with Crippen LogP contribution >= 0.6 is 11.3 Å². The molecule has 1 fully saturated rings. The molecule has 3 nitrogen and oxygen atoms in total. The highest BCUT2D eigenvalue weighted by molar-refractivity contribution is 7.07. The zero-order valence-electron chi connectivity index (χ0n) is 11.0. The predicted octanol–water partition coefficient (Wildman–Crippen LogP) is 3.26. The van der Waals surface area contributed by atoms with Crippen LogP contribution < -0.4 is 5.32 Å². The van der Waals surface area contributed by atoms with Crippen molar-refractivity contribution < 1.29 is 4.79 Å². The normalized spacial score (nSPS) is 18.2. The van der Waals surface area contributed by atoms with Gasteiger partial charge in [-0.2, -0.15) is 11.3 Å². The molecule has 0 bridgehead atoms. The number of urea groups is 1. The first-order chi connectivity index (χ1) is 8.75. The average Bonchev–Trinajstić information content (AvgIpc) is 2.68. The second-order valence-corrected chi connectivity index (χ2v) is 5.87. The van der Waals surface area contributed by atoms with Crippen molar-refractivity contribution in [2.24, 2.45) is 0 Å². The van der Waals surface area contributed by atoms with E-state index in [1.807, 2.05) is 4.90 Å². The number of carbonyl (C=O) groups is 1. The van der Waals surface area contributed by atoms with E-state index in [0.717, 1.165) is 32.4 Å². The van der Waals surface area contributed by atoms with Crippen LogP contribution in [0.5, 0.6) is 0 Å². The number of amides is 2. The van der Waals surface area contributed by atoms with E-state index in [1.54, 1.807) is 11.3 Å². The van der Waals surface area contributed by atoms with E-state index in [1.165, 1.54) is 18.4 Å². The van der Waals surface area contributed by atoms with Crippen molar-refractivity contribution in [3.8, 4) is 0 Å². The van der Waals surface area contributed by atoms with E-state index >= 15 is 0 Å². The average molecular weight is 266 g/mol. The van der Waals surface area contributed by atoms with Gasteiger partial charge in [0, 0.05) is 19.1 Å². The molecule has 100 valence electrons. The van der Waals surface area contributed by atoms with Crippen molar-refractivity contribution in [1.82, 2.24) is 10.2 Å². The molecular weight excluding hydrogens is 244 g/mol. The molecule has 0 aliphatic carbocycles. The van der Waals surface area contributed by atoms with E-state index in [9.17, 15) is 4.79 Å². The molecule has 1 N–H and O–H groups in total. The molecule has 1 aliphatic heterocycles. The third kappa shape index (κ3) is 4.02. The Bertz CT molecular complexity index is 356. The Morgan fingerprint density at radius 2 is 2.11 bits per heavy atom. The summed E-state index contributed by atoms with van der Waals surface area (Å²) in [5.41, 5.74) is 1.31. The lowest BCUT2D eigenvalue weighted by molar-refractivity contribution is 0.196. The minimum absolute atomic E-state index is 0.111. The van der Waals surface area contributed by atoms with Crippen molar-refractivity contribution in [1.29, 1.82) is 0 Å². The number of thiophene rings is 1. The number of nitrogens with zero attached hydrogens (tertiary/aromatic N) is 1. The van der Waals surface area contributed by atoms with E-state index in [-0.39, 0.29) is 12.1 Å². The number of nitrogens with one attached hydrogen (secondary N) is 1. The predicted molar refractivity (Wildman–Crippen MR) is 76.1 cm³/mol. The fourth-order valence-corrected chi connectivity index (χ4v) is 3.07. The van der Waals surface area contributed by atoms with Crippen molar-refractivity contribution in [2.75, 3.05) is 13.1 Å². The Kier molecular flexibility index (Phi) is 5.05. The van der Waals surface area contributed by atoms with Crippen molar-refractivity contribution in [3.63, 3.8) is 0 Å². The van der Waals surface area contributed by atoms with E-state index in [2.05, 4.69) is 29.1 Å². The second-order valence-electron chi connectivity index (χ2n) is 5.09. The van der Waals surface area contributed by atoms with Gasteiger partial charge in [0.05, 0.1) is 0 Å². The fourth-order valence-electron chi connectivity index (χ4n) is 2.39. The van der Waals surface area contributed by atoms with Gasteiger partial charge < -0.3 is 10.2 Å². The Labute approximate surface area is 113 Å². The highest BCUT2D eigenvalue weighted by Crippen LogP contribution is 2.11. The maximum Gasteiger partial charge on any atom is 0.317 e. The second kappa shape index (κ2) is 6.78. The molecule has 1 atom stereocenters. The van der Waals surface area contributed by atoms with Gasteiger partial charge in [-0.3, -0.25) is 0 Å². The van der Waals surface area contributed by atoms with Gasteiger partial charge in [0.1, 0.15) is 0 Å². The molecule has 2 rings (SSSR count). The molecule has 1 aliphatic rings. The largest absolute Gasteiger partial charge is 0.335 e. The summed E-state index contributed by atoms with van der Waals surface area (Å²) in [7, 11) is 0. The highest BCUT2D eigenvalue weighted by atomic mass is 32.1. The molecule has 2 heterocycles. The molecule has 2 amide bonds. The van der Waals surface area contributed by atoms with Gasteiger partial charge >= 0.3 is 6.03 Å². The van der Waals surface area contributed by atoms with Gasteiger partial charge in [0.15, 0.2) is 0 Å². The Morgan fingerprint density at radius 1 is 1.39 bits per heavy atom. The number of hydrogen-bond donors (Lipinski definition) is 1.